The van der Waals surface area contributed by atoms with Gasteiger partial charge in [-0.3, -0.25) is 9.59 Å². The van der Waals surface area contributed by atoms with Crippen LogP contribution in [0.15, 0.2) is 10.9 Å². The Hall–Kier alpha value is -2.84. The number of nitrogens with two attached hydrogens (primary N) is 1. The first-order valence-corrected chi connectivity index (χ1v) is 8.09. The number of hydrogen-bond donors (Lipinski definition) is 4. The molecule has 1 fully saturated rings. The van der Waals surface area contributed by atoms with Crippen LogP contribution in [0, 0.1) is 5.41 Å². The lowest BCUT2D eigenvalue weighted by Crippen LogP contribution is -2.47. The molecule has 0 unspecified atom stereocenters. The van der Waals surface area contributed by atoms with Crippen LogP contribution in [-0.2, 0) is 6.54 Å². The average molecular weight is 348 g/mol. The molecule has 2 heterocycles. The number of aromatic nitrogens is 3. The number of aromatic amines is 1. The highest BCUT2D eigenvalue weighted by Crippen LogP contribution is 2.21. The normalized spacial score (nSPS) is 14.7. The minimum absolute atomic E-state index is 0.0129. The van der Waals surface area contributed by atoms with Crippen molar-refractivity contribution in [1.82, 2.24) is 14.9 Å². The molecule has 0 bridgehead atoms. The molecular weight excluding hydrogens is 326 g/mol. The van der Waals surface area contributed by atoms with Gasteiger partial charge in [0.05, 0.1) is 12.6 Å². The second kappa shape index (κ2) is 5.61. The summed E-state index contributed by atoms with van der Waals surface area (Å²) in [5, 5.41) is 15.9. The van der Waals surface area contributed by atoms with Gasteiger partial charge in [0.25, 0.3) is 11.8 Å². The maximum absolute atomic E-state index is 12.7. The first-order valence-electron chi connectivity index (χ1n) is 8.09. The van der Waals surface area contributed by atoms with E-state index in [0.29, 0.717) is 6.54 Å². The van der Waals surface area contributed by atoms with E-state index >= 15 is 0 Å². The van der Waals surface area contributed by atoms with Crippen molar-refractivity contribution >= 4 is 17.5 Å². The SMILES string of the molecule is CC(C)(C)C[n+]1c(O)c(C(=O)NC2CC2)c(=O)n2[nH]c(C(N)=O)cc21. The van der Waals surface area contributed by atoms with Gasteiger partial charge in [-0.05, 0) is 18.3 Å². The van der Waals surface area contributed by atoms with Crippen LogP contribution in [0.4, 0.5) is 0 Å². The Kier molecular flexibility index (Phi) is 3.81. The molecule has 0 aromatic carbocycles. The Morgan fingerprint density at radius 3 is 2.60 bits per heavy atom. The number of primary amides is 1. The molecule has 25 heavy (non-hydrogen) atoms. The van der Waals surface area contributed by atoms with Crippen molar-refractivity contribution in [2.75, 3.05) is 0 Å². The van der Waals surface area contributed by atoms with Crippen molar-refractivity contribution in [3.05, 3.63) is 27.7 Å². The summed E-state index contributed by atoms with van der Waals surface area (Å²) >= 11 is 0. The molecule has 134 valence electrons. The number of rotatable bonds is 4. The van der Waals surface area contributed by atoms with Gasteiger partial charge in [-0.2, -0.15) is 4.57 Å². The number of nitrogens with zero attached hydrogens (tertiary/aromatic N) is 2. The highest BCUT2D eigenvalue weighted by atomic mass is 16.3. The van der Waals surface area contributed by atoms with E-state index in [9.17, 15) is 19.5 Å². The minimum atomic E-state index is -0.742. The van der Waals surface area contributed by atoms with Gasteiger partial charge in [-0.1, -0.05) is 25.3 Å². The van der Waals surface area contributed by atoms with E-state index in [-0.39, 0.29) is 28.4 Å². The first-order chi connectivity index (χ1) is 11.6. The fraction of sp³-hybridized carbons (Fsp3) is 0.500. The predicted molar refractivity (Wildman–Crippen MR) is 88.3 cm³/mol. The van der Waals surface area contributed by atoms with Crippen LogP contribution in [0.5, 0.6) is 5.88 Å². The van der Waals surface area contributed by atoms with Gasteiger partial charge in [0.2, 0.25) is 5.56 Å². The van der Waals surface area contributed by atoms with E-state index in [2.05, 4.69) is 10.4 Å². The number of H-pyrrole nitrogens is 1. The summed E-state index contributed by atoms with van der Waals surface area (Å²) < 4.78 is 2.50. The largest absolute Gasteiger partial charge is 0.477 e. The quantitative estimate of drug-likeness (QED) is 0.562. The van der Waals surface area contributed by atoms with E-state index in [1.54, 1.807) is 0 Å². The molecule has 2 aromatic rings. The van der Waals surface area contributed by atoms with Crippen molar-refractivity contribution < 1.29 is 19.3 Å². The lowest BCUT2D eigenvalue weighted by molar-refractivity contribution is -0.692. The number of carbonyl (C=O) groups excluding carboxylic acids is 2. The molecule has 1 aliphatic rings. The van der Waals surface area contributed by atoms with Crippen LogP contribution in [0.2, 0.25) is 0 Å². The first kappa shape index (κ1) is 17.0. The van der Waals surface area contributed by atoms with E-state index < -0.39 is 23.3 Å². The van der Waals surface area contributed by atoms with Gasteiger partial charge >= 0.3 is 17.1 Å². The van der Waals surface area contributed by atoms with Crippen molar-refractivity contribution in [2.45, 2.75) is 46.2 Å². The molecule has 2 aromatic heterocycles. The molecule has 0 saturated heterocycles. The van der Waals surface area contributed by atoms with Gasteiger partial charge in [0.1, 0.15) is 5.69 Å². The topological polar surface area (TPSA) is 134 Å². The van der Waals surface area contributed by atoms with E-state index in [4.69, 9.17) is 5.73 Å². The average Bonchev–Trinajstić information content (AvgIpc) is 3.16. The third-order valence-electron chi connectivity index (χ3n) is 3.95. The number of amides is 2. The third-order valence-corrected chi connectivity index (χ3v) is 3.95. The van der Waals surface area contributed by atoms with Gasteiger partial charge < -0.3 is 16.2 Å². The molecule has 2 amide bonds. The van der Waals surface area contributed by atoms with E-state index in [1.807, 2.05) is 20.8 Å². The van der Waals surface area contributed by atoms with Crippen molar-refractivity contribution in [3.8, 4) is 5.88 Å². The zero-order valence-electron chi connectivity index (χ0n) is 14.4. The second-order valence-electron chi connectivity index (χ2n) is 7.63. The van der Waals surface area contributed by atoms with Crippen LogP contribution < -0.4 is 21.2 Å². The van der Waals surface area contributed by atoms with Gasteiger partial charge in [0, 0.05) is 6.04 Å². The predicted octanol–water partition coefficient (Wildman–Crippen LogP) is -0.342. The molecule has 9 heteroatoms. The Bertz CT molecular complexity index is 931. The molecule has 0 spiro atoms. The standard InChI is InChI=1S/C16H21N5O4/c1-16(2,3)7-20-10-6-9(12(17)22)19-21(10)15(25)11(14(20)24)13(23)18-8-4-5-8/h6,8H,4-5,7H2,1-3H3,(H4,17,18,22,23,24,25)/p+1. The van der Waals surface area contributed by atoms with Crippen LogP contribution in [0.25, 0.3) is 5.65 Å². The molecule has 1 aliphatic carbocycles. The summed E-state index contributed by atoms with van der Waals surface area (Å²) in [6.45, 7) is 6.17. The fourth-order valence-corrected chi connectivity index (χ4v) is 2.65. The minimum Gasteiger partial charge on any atom is -0.477 e. The van der Waals surface area contributed by atoms with Crippen LogP contribution in [0.1, 0.15) is 54.5 Å². The number of nitrogens with one attached hydrogen (secondary N) is 2. The van der Waals surface area contributed by atoms with Crippen molar-refractivity contribution in [1.29, 1.82) is 0 Å². The zero-order chi connectivity index (χ0) is 18.5. The lowest BCUT2D eigenvalue weighted by Gasteiger charge is -2.17. The molecule has 9 nitrogen and oxygen atoms in total. The third kappa shape index (κ3) is 3.21. The van der Waals surface area contributed by atoms with Crippen molar-refractivity contribution in [3.63, 3.8) is 0 Å². The Morgan fingerprint density at radius 1 is 1.44 bits per heavy atom. The maximum atomic E-state index is 12.7. The molecule has 0 radical (unpaired) electrons. The maximum Gasteiger partial charge on any atom is 0.378 e. The number of hydrogen-bond acceptors (Lipinski definition) is 4. The van der Waals surface area contributed by atoms with Crippen LogP contribution in [0.3, 0.4) is 0 Å². The monoisotopic (exact) mass is 348 g/mol. The fourth-order valence-electron chi connectivity index (χ4n) is 2.65. The van der Waals surface area contributed by atoms with Crippen LogP contribution in [-0.4, -0.2) is 32.6 Å². The molecule has 0 aliphatic heterocycles. The molecule has 3 rings (SSSR count). The summed E-state index contributed by atoms with van der Waals surface area (Å²) in [6.07, 6.45) is 1.71. The van der Waals surface area contributed by atoms with Crippen LogP contribution >= 0.6 is 0 Å². The van der Waals surface area contributed by atoms with Gasteiger partial charge in [-0.15, -0.1) is 0 Å². The summed E-state index contributed by atoms with van der Waals surface area (Å²) in [5.41, 5.74) is 4.21. The number of carbonyl (C=O) groups is 2. The Labute approximate surface area is 143 Å². The molecule has 5 N–H and O–H groups in total. The smallest absolute Gasteiger partial charge is 0.378 e. The Balaban J connectivity index is 2.26. The number of fused-ring (bicyclic) bond motifs is 1. The molecular formula is C16H22N5O4+. The Morgan fingerprint density at radius 2 is 2.08 bits per heavy atom. The van der Waals surface area contributed by atoms with Gasteiger partial charge in [-0.25, -0.2) is 9.89 Å². The summed E-state index contributed by atoms with van der Waals surface area (Å²) in [5.74, 6) is -1.79. The second-order valence-corrected chi connectivity index (χ2v) is 7.63. The van der Waals surface area contributed by atoms with Gasteiger partial charge in [0.15, 0.2) is 0 Å². The summed E-state index contributed by atoms with van der Waals surface area (Å²) in [6, 6.07) is 1.42. The van der Waals surface area contributed by atoms with Crippen molar-refractivity contribution in [2.24, 2.45) is 11.1 Å². The molecule has 1 saturated carbocycles. The number of aromatic hydroxyl groups is 1. The summed E-state index contributed by atoms with van der Waals surface area (Å²) in [4.78, 5) is 36.6. The lowest BCUT2D eigenvalue weighted by atomic mass is 9.96. The van der Waals surface area contributed by atoms with E-state index in [0.717, 1.165) is 17.4 Å². The van der Waals surface area contributed by atoms with E-state index in [1.165, 1.54) is 10.6 Å². The summed E-state index contributed by atoms with van der Waals surface area (Å²) in [7, 11) is 0. The highest BCUT2D eigenvalue weighted by molar-refractivity contribution is 5.96. The molecule has 0 atom stereocenters. The highest BCUT2D eigenvalue weighted by Gasteiger charge is 2.35. The zero-order valence-corrected chi connectivity index (χ0v) is 14.4.